The predicted molar refractivity (Wildman–Crippen MR) is 69.3 cm³/mol. The average Bonchev–Trinajstić information content (AvgIpc) is 2.68. The van der Waals surface area contributed by atoms with Crippen LogP contribution < -0.4 is 0 Å². The molecule has 0 spiro atoms. The topological polar surface area (TPSA) is 59.2 Å². The van der Waals surface area contributed by atoms with E-state index in [1.165, 1.54) is 0 Å². The highest BCUT2D eigenvalue weighted by atomic mass is 16.5. The molecule has 4 nitrogen and oxygen atoms in total. The Morgan fingerprint density at radius 1 is 1.28 bits per heavy atom. The third-order valence-corrected chi connectivity index (χ3v) is 2.61. The van der Waals surface area contributed by atoms with E-state index in [0.717, 1.165) is 17.5 Å². The molecule has 18 heavy (non-hydrogen) atoms. The first-order chi connectivity index (χ1) is 8.35. The molecule has 0 aliphatic carbocycles. The Bertz CT molecular complexity index is 553. The molecule has 1 aromatic carbocycles. The van der Waals surface area contributed by atoms with Gasteiger partial charge in [0.2, 0.25) is 0 Å². The number of aryl methyl sites for hydroxylation is 1. The Labute approximate surface area is 107 Å². The highest BCUT2D eigenvalue weighted by Gasteiger charge is 2.17. The molecular formula is C14H18N2O2. The van der Waals surface area contributed by atoms with Crippen molar-refractivity contribution in [3.05, 3.63) is 29.6 Å². The van der Waals surface area contributed by atoms with Crippen molar-refractivity contribution in [3.8, 4) is 17.2 Å². The molecule has 1 N–H and O–H groups in total. The Balaban J connectivity index is 2.26. The van der Waals surface area contributed by atoms with Gasteiger partial charge < -0.3 is 9.63 Å². The minimum atomic E-state index is 0.122. The minimum absolute atomic E-state index is 0.122. The molecule has 4 heteroatoms. The van der Waals surface area contributed by atoms with Gasteiger partial charge in [0.1, 0.15) is 5.75 Å². The van der Waals surface area contributed by atoms with E-state index in [0.29, 0.717) is 11.7 Å². The molecule has 2 aromatic rings. The molecule has 2 rings (SSSR count). The van der Waals surface area contributed by atoms with Gasteiger partial charge in [-0.1, -0.05) is 32.0 Å². The fourth-order valence-corrected chi connectivity index (χ4v) is 1.66. The SMILES string of the molecule is Cc1ccc(-c2nc(CC(C)(C)C)no2)cc1O. The summed E-state index contributed by atoms with van der Waals surface area (Å²) < 4.78 is 5.22. The molecule has 0 unspecified atom stereocenters. The first-order valence-electron chi connectivity index (χ1n) is 5.98. The lowest BCUT2D eigenvalue weighted by molar-refractivity contribution is 0.374. The highest BCUT2D eigenvalue weighted by molar-refractivity contribution is 5.57. The maximum absolute atomic E-state index is 9.66. The van der Waals surface area contributed by atoms with Crippen LogP contribution in [0.2, 0.25) is 0 Å². The van der Waals surface area contributed by atoms with Crippen LogP contribution in [0.3, 0.4) is 0 Å². The Morgan fingerprint density at radius 3 is 2.61 bits per heavy atom. The summed E-state index contributed by atoms with van der Waals surface area (Å²) in [5.74, 6) is 1.38. The maximum atomic E-state index is 9.66. The van der Waals surface area contributed by atoms with Crippen molar-refractivity contribution in [1.82, 2.24) is 10.1 Å². The van der Waals surface area contributed by atoms with Crippen LogP contribution in [0.5, 0.6) is 5.75 Å². The molecule has 96 valence electrons. The van der Waals surface area contributed by atoms with Crippen LogP contribution in [0.25, 0.3) is 11.5 Å². The van der Waals surface area contributed by atoms with E-state index in [2.05, 4.69) is 30.9 Å². The lowest BCUT2D eigenvalue weighted by Crippen LogP contribution is -2.10. The van der Waals surface area contributed by atoms with E-state index >= 15 is 0 Å². The number of aromatic hydroxyl groups is 1. The number of phenols is 1. The molecule has 0 aliphatic heterocycles. The van der Waals surface area contributed by atoms with Crippen LogP contribution >= 0.6 is 0 Å². The number of hydrogen-bond acceptors (Lipinski definition) is 4. The van der Waals surface area contributed by atoms with Gasteiger partial charge in [0, 0.05) is 12.0 Å². The quantitative estimate of drug-likeness (QED) is 0.882. The van der Waals surface area contributed by atoms with Gasteiger partial charge in [0.05, 0.1) is 0 Å². The zero-order valence-corrected chi connectivity index (χ0v) is 11.2. The van der Waals surface area contributed by atoms with Gasteiger partial charge in [0.25, 0.3) is 5.89 Å². The predicted octanol–water partition coefficient (Wildman–Crippen LogP) is 3.34. The van der Waals surface area contributed by atoms with Crippen molar-refractivity contribution in [2.24, 2.45) is 5.41 Å². The van der Waals surface area contributed by atoms with Crippen LogP contribution in [0, 0.1) is 12.3 Å². The second-order valence-corrected chi connectivity index (χ2v) is 5.75. The third-order valence-electron chi connectivity index (χ3n) is 2.61. The van der Waals surface area contributed by atoms with E-state index in [-0.39, 0.29) is 11.2 Å². The lowest BCUT2D eigenvalue weighted by Gasteiger charge is -2.14. The van der Waals surface area contributed by atoms with Crippen molar-refractivity contribution in [3.63, 3.8) is 0 Å². The second-order valence-electron chi connectivity index (χ2n) is 5.75. The second kappa shape index (κ2) is 4.44. The summed E-state index contributed by atoms with van der Waals surface area (Å²) in [6.07, 6.45) is 0.758. The summed E-state index contributed by atoms with van der Waals surface area (Å²) in [5, 5.41) is 13.6. The van der Waals surface area contributed by atoms with Gasteiger partial charge in [-0.3, -0.25) is 0 Å². The van der Waals surface area contributed by atoms with Crippen molar-refractivity contribution < 1.29 is 9.63 Å². The fraction of sp³-hybridized carbons (Fsp3) is 0.429. The minimum Gasteiger partial charge on any atom is -0.508 e. The summed E-state index contributed by atoms with van der Waals surface area (Å²) in [6, 6.07) is 5.34. The standard InChI is InChI=1S/C14H18N2O2/c1-9-5-6-10(7-11(9)17)13-15-12(16-18-13)8-14(2,3)4/h5-7,17H,8H2,1-4H3. The number of nitrogens with zero attached hydrogens (tertiary/aromatic N) is 2. The molecule has 0 atom stereocenters. The molecule has 0 bridgehead atoms. The number of hydrogen-bond donors (Lipinski definition) is 1. The molecule has 0 saturated heterocycles. The molecule has 1 aromatic heterocycles. The molecular weight excluding hydrogens is 228 g/mol. The Morgan fingerprint density at radius 2 is 2.00 bits per heavy atom. The summed E-state index contributed by atoms with van der Waals surface area (Å²) in [7, 11) is 0. The largest absolute Gasteiger partial charge is 0.508 e. The van der Waals surface area contributed by atoms with E-state index < -0.39 is 0 Å². The zero-order chi connectivity index (χ0) is 13.3. The first-order valence-corrected chi connectivity index (χ1v) is 5.98. The van der Waals surface area contributed by atoms with Crippen LogP contribution in [-0.2, 0) is 6.42 Å². The molecule has 0 aliphatic rings. The summed E-state index contributed by atoms with van der Waals surface area (Å²) in [5.41, 5.74) is 1.69. The van der Waals surface area contributed by atoms with Crippen LogP contribution in [-0.4, -0.2) is 15.2 Å². The normalized spacial score (nSPS) is 11.8. The molecule has 0 amide bonds. The smallest absolute Gasteiger partial charge is 0.258 e. The monoisotopic (exact) mass is 246 g/mol. The highest BCUT2D eigenvalue weighted by Crippen LogP contribution is 2.26. The van der Waals surface area contributed by atoms with Gasteiger partial charge in [-0.2, -0.15) is 4.98 Å². The fourth-order valence-electron chi connectivity index (χ4n) is 1.66. The average molecular weight is 246 g/mol. The molecule has 0 radical (unpaired) electrons. The Hall–Kier alpha value is -1.84. The van der Waals surface area contributed by atoms with Gasteiger partial charge in [-0.15, -0.1) is 0 Å². The Kier molecular flexibility index (Phi) is 3.11. The lowest BCUT2D eigenvalue weighted by atomic mass is 9.92. The van der Waals surface area contributed by atoms with E-state index in [4.69, 9.17) is 4.52 Å². The molecule has 0 fully saturated rings. The number of phenolic OH excluding ortho intramolecular Hbond substituents is 1. The van der Waals surface area contributed by atoms with Crippen LogP contribution in [0.15, 0.2) is 22.7 Å². The number of rotatable bonds is 2. The van der Waals surface area contributed by atoms with Gasteiger partial charge >= 0.3 is 0 Å². The van der Waals surface area contributed by atoms with E-state index in [1.807, 2.05) is 19.1 Å². The van der Waals surface area contributed by atoms with Crippen molar-refractivity contribution in [2.45, 2.75) is 34.1 Å². The number of aromatic nitrogens is 2. The summed E-state index contributed by atoms with van der Waals surface area (Å²) >= 11 is 0. The van der Waals surface area contributed by atoms with E-state index in [1.54, 1.807) is 6.07 Å². The number of benzene rings is 1. The van der Waals surface area contributed by atoms with Crippen molar-refractivity contribution in [1.29, 1.82) is 0 Å². The summed E-state index contributed by atoms with van der Waals surface area (Å²) in [6.45, 7) is 8.22. The van der Waals surface area contributed by atoms with Gasteiger partial charge in [0.15, 0.2) is 5.82 Å². The van der Waals surface area contributed by atoms with E-state index in [9.17, 15) is 5.11 Å². The maximum Gasteiger partial charge on any atom is 0.258 e. The van der Waals surface area contributed by atoms with Gasteiger partial charge in [-0.25, -0.2) is 0 Å². The third kappa shape index (κ3) is 2.88. The van der Waals surface area contributed by atoms with Crippen LogP contribution in [0.1, 0.15) is 32.2 Å². The van der Waals surface area contributed by atoms with Crippen molar-refractivity contribution >= 4 is 0 Å². The zero-order valence-electron chi connectivity index (χ0n) is 11.2. The molecule has 0 saturated carbocycles. The van der Waals surface area contributed by atoms with Gasteiger partial charge in [-0.05, 0) is 30.0 Å². The summed E-state index contributed by atoms with van der Waals surface area (Å²) in [4.78, 5) is 4.35. The first kappa shape index (κ1) is 12.6. The van der Waals surface area contributed by atoms with Crippen LogP contribution in [0.4, 0.5) is 0 Å². The molecule has 1 heterocycles. The van der Waals surface area contributed by atoms with Crippen molar-refractivity contribution in [2.75, 3.05) is 0 Å².